The summed E-state index contributed by atoms with van der Waals surface area (Å²) >= 11 is 0. The second-order valence-corrected chi connectivity index (χ2v) is 6.90. The minimum Gasteiger partial charge on any atom is -0.368 e. The molecule has 108 valence electrons. The van der Waals surface area contributed by atoms with Gasteiger partial charge in [-0.2, -0.15) is 0 Å². The lowest BCUT2D eigenvalue weighted by Gasteiger charge is -2.40. The number of rotatable bonds is 5. The van der Waals surface area contributed by atoms with Crippen LogP contribution in [0.2, 0.25) is 0 Å². The van der Waals surface area contributed by atoms with E-state index in [0.29, 0.717) is 11.5 Å². The van der Waals surface area contributed by atoms with Crippen LogP contribution in [-0.4, -0.2) is 42.5 Å². The number of nitrogens with two attached hydrogens (primary N) is 1. The smallest absolute Gasteiger partial charge is 0.235 e. The molecule has 1 saturated heterocycles. The Bertz CT molecular complexity index is 324. The number of hydrogen-bond donors (Lipinski definition) is 2. The maximum Gasteiger partial charge on any atom is 0.235 e. The Labute approximate surface area is 116 Å². The Kier molecular flexibility index (Phi) is 3.81. The molecule has 3 aliphatic rings. The van der Waals surface area contributed by atoms with Crippen LogP contribution < -0.4 is 11.1 Å². The molecule has 0 radical (unpaired) electrons. The highest BCUT2D eigenvalue weighted by Gasteiger charge is 2.38. The van der Waals surface area contributed by atoms with Gasteiger partial charge in [0.05, 0.1) is 6.04 Å². The summed E-state index contributed by atoms with van der Waals surface area (Å²) < 4.78 is 0. The topological polar surface area (TPSA) is 58.4 Å². The molecule has 3 fully saturated rings. The molecule has 3 rings (SSSR count). The summed E-state index contributed by atoms with van der Waals surface area (Å²) in [5, 5.41) is 3.38. The first-order chi connectivity index (χ1) is 9.17. The van der Waals surface area contributed by atoms with Crippen molar-refractivity contribution in [2.45, 2.75) is 63.5 Å². The van der Waals surface area contributed by atoms with Crippen molar-refractivity contribution >= 4 is 5.91 Å². The monoisotopic (exact) mass is 265 g/mol. The van der Waals surface area contributed by atoms with Crippen LogP contribution in [0.15, 0.2) is 0 Å². The Morgan fingerprint density at radius 1 is 1.21 bits per heavy atom. The number of carbonyl (C=O) groups is 1. The van der Waals surface area contributed by atoms with Gasteiger partial charge in [-0.05, 0) is 57.0 Å². The minimum atomic E-state index is -0.187. The lowest BCUT2D eigenvalue weighted by Crippen LogP contribution is -2.52. The van der Waals surface area contributed by atoms with Gasteiger partial charge in [-0.25, -0.2) is 0 Å². The lowest BCUT2D eigenvalue weighted by molar-refractivity contribution is -0.120. The number of amides is 1. The number of piperidine rings is 1. The van der Waals surface area contributed by atoms with E-state index in [1.807, 2.05) is 0 Å². The number of hydrogen-bond acceptors (Lipinski definition) is 3. The molecule has 1 spiro atoms. The Hall–Kier alpha value is -0.610. The van der Waals surface area contributed by atoms with E-state index in [1.54, 1.807) is 0 Å². The van der Waals surface area contributed by atoms with Crippen LogP contribution in [0.4, 0.5) is 0 Å². The van der Waals surface area contributed by atoms with E-state index >= 15 is 0 Å². The SMILES string of the molecule is NC(=O)C(CN1CCC2(CCCC2)CC1)NC1CC1. The molecule has 2 saturated carbocycles. The third kappa shape index (κ3) is 3.29. The van der Waals surface area contributed by atoms with Crippen LogP contribution in [0.3, 0.4) is 0 Å². The molecule has 1 amide bonds. The summed E-state index contributed by atoms with van der Waals surface area (Å²) in [7, 11) is 0. The van der Waals surface area contributed by atoms with Gasteiger partial charge in [0.25, 0.3) is 0 Å². The number of nitrogens with one attached hydrogen (secondary N) is 1. The number of nitrogens with zero attached hydrogens (tertiary/aromatic N) is 1. The average molecular weight is 265 g/mol. The number of primary amides is 1. The molecular weight excluding hydrogens is 238 g/mol. The molecule has 4 heteroatoms. The summed E-state index contributed by atoms with van der Waals surface area (Å²) in [5.74, 6) is -0.187. The molecular formula is C15H27N3O. The summed E-state index contributed by atoms with van der Waals surface area (Å²) in [6.45, 7) is 3.11. The van der Waals surface area contributed by atoms with Crippen LogP contribution in [-0.2, 0) is 4.79 Å². The van der Waals surface area contributed by atoms with Gasteiger partial charge >= 0.3 is 0 Å². The quantitative estimate of drug-likeness (QED) is 0.786. The standard InChI is InChI=1S/C15H27N3O/c16-14(19)13(17-12-3-4-12)11-18-9-7-15(8-10-18)5-1-2-6-15/h12-13,17H,1-11H2,(H2,16,19). The molecule has 1 aliphatic heterocycles. The molecule has 2 aliphatic carbocycles. The zero-order valence-electron chi connectivity index (χ0n) is 11.9. The van der Waals surface area contributed by atoms with Crippen LogP contribution in [0, 0.1) is 5.41 Å². The van der Waals surface area contributed by atoms with Crippen LogP contribution in [0.25, 0.3) is 0 Å². The minimum absolute atomic E-state index is 0.148. The summed E-state index contributed by atoms with van der Waals surface area (Å²) in [6, 6.07) is 0.397. The first kappa shape index (κ1) is 13.4. The molecule has 0 bridgehead atoms. The summed E-state index contributed by atoms with van der Waals surface area (Å²) in [6.07, 6.45) is 10.8. The average Bonchev–Trinajstić information content (AvgIpc) is 3.10. The second kappa shape index (κ2) is 5.41. The normalized spacial score (nSPS) is 28.6. The van der Waals surface area contributed by atoms with Gasteiger partial charge < -0.3 is 16.0 Å². The Balaban J connectivity index is 1.48. The molecule has 4 nitrogen and oxygen atoms in total. The van der Waals surface area contributed by atoms with Gasteiger partial charge in [-0.1, -0.05) is 12.8 Å². The van der Waals surface area contributed by atoms with Crippen LogP contribution >= 0.6 is 0 Å². The fraction of sp³-hybridized carbons (Fsp3) is 0.933. The van der Waals surface area contributed by atoms with Crippen molar-refractivity contribution in [3.8, 4) is 0 Å². The van der Waals surface area contributed by atoms with Gasteiger partial charge in [0.2, 0.25) is 5.91 Å². The second-order valence-electron chi connectivity index (χ2n) is 6.90. The van der Waals surface area contributed by atoms with Gasteiger partial charge in [-0.3, -0.25) is 4.79 Å². The van der Waals surface area contributed by atoms with Gasteiger partial charge in [0.1, 0.15) is 0 Å². The van der Waals surface area contributed by atoms with Gasteiger partial charge in [-0.15, -0.1) is 0 Å². The first-order valence-electron chi connectivity index (χ1n) is 7.95. The molecule has 1 atom stereocenters. The first-order valence-corrected chi connectivity index (χ1v) is 7.95. The number of carbonyl (C=O) groups excluding carboxylic acids is 1. The van der Waals surface area contributed by atoms with E-state index in [1.165, 1.54) is 51.4 Å². The van der Waals surface area contributed by atoms with E-state index in [2.05, 4.69) is 10.2 Å². The predicted molar refractivity (Wildman–Crippen MR) is 75.7 cm³/mol. The van der Waals surface area contributed by atoms with Crippen molar-refractivity contribution in [2.75, 3.05) is 19.6 Å². The zero-order valence-corrected chi connectivity index (χ0v) is 11.9. The maximum atomic E-state index is 11.5. The number of likely N-dealkylation sites (tertiary alicyclic amines) is 1. The van der Waals surface area contributed by atoms with Crippen molar-refractivity contribution in [3.63, 3.8) is 0 Å². The fourth-order valence-electron chi connectivity index (χ4n) is 3.85. The van der Waals surface area contributed by atoms with E-state index in [4.69, 9.17) is 5.73 Å². The van der Waals surface area contributed by atoms with Crippen LogP contribution in [0.5, 0.6) is 0 Å². The molecule has 0 aromatic carbocycles. The van der Waals surface area contributed by atoms with E-state index in [-0.39, 0.29) is 11.9 Å². The molecule has 0 aromatic heterocycles. The largest absolute Gasteiger partial charge is 0.368 e. The van der Waals surface area contributed by atoms with Crippen molar-refractivity contribution < 1.29 is 4.79 Å². The highest BCUT2D eigenvalue weighted by atomic mass is 16.1. The molecule has 19 heavy (non-hydrogen) atoms. The predicted octanol–water partition coefficient (Wildman–Crippen LogP) is 1.25. The van der Waals surface area contributed by atoms with E-state index in [0.717, 1.165) is 19.6 Å². The highest BCUT2D eigenvalue weighted by molar-refractivity contribution is 5.80. The fourth-order valence-corrected chi connectivity index (χ4v) is 3.85. The molecule has 1 unspecified atom stereocenters. The summed E-state index contributed by atoms with van der Waals surface area (Å²) in [5.41, 5.74) is 6.17. The highest BCUT2D eigenvalue weighted by Crippen LogP contribution is 2.46. The van der Waals surface area contributed by atoms with E-state index < -0.39 is 0 Å². The summed E-state index contributed by atoms with van der Waals surface area (Å²) in [4.78, 5) is 14.0. The van der Waals surface area contributed by atoms with Crippen molar-refractivity contribution in [1.82, 2.24) is 10.2 Å². The van der Waals surface area contributed by atoms with Crippen molar-refractivity contribution in [1.29, 1.82) is 0 Å². The lowest BCUT2D eigenvalue weighted by atomic mass is 9.77. The van der Waals surface area contributed by atoms with Crippen molar-refractivity contribution in [2.24, 2.45) is 11.1 Å². The molecule has 3 N–H and O–H groups in total. The maximum absolute atomic E-state index is 11.5. The zero-order chi connectivity index (χ0) is 13.3. The Morgan fingerprint density at radius 3 is 2.37 bits per heavy atom. The van der Waals surface area contributed by atoms with Gasteiger partial charge in [0.15, 0.2) is 0 Å². The third-order valence-electron chi connectivity index (χ3n) is 5.38. The van der Waals surface area contributed by atoms with Crippen molar-refractivity contribution in [3.05, 3.63) is 0 Å². The van der Waals surface area contributed by atoms with Crippen LogP contribution in [0.1, 0.15) is 51.4 Å². The Morgan fingerprint density at radius 2 is 1.84 bits per heavy atom. The molecule has 1 heterocycles. The van der Waals surface area contributed by atoms with E-state index in [9.17, 15) is 4.79 Å². The van der Waals surface area contributed by atoms with Gasteiger partial charge in [0, 0.05) is 12.6 Å². The third-order valence-corrected chi connectivity index (χ3v) is 5.38. The molecule has 0 aromatic rings.